The SMILES string of the molecule is Cc1nn(CCC(=O)Nc2cc(Cl)cc(Cl)c2)c(C)c1C. The van der Waals surface area contributed by atoms with Gasteiger partial charge in [0, 0.05) is 34.4 Å². The summed E-state index contributed by atoms with van der Waals surface area (Å²) in [6.07, 6.45) is 0.339. The molecular formula is C15H17Cl2N3O. The van der Waals surface area contributed by atoms with Crippen molar-refractivity contribution >= 4 is 34.8 Å². The lowest BCUT2D eigenvalue weighted by molar-refractivity contribution is -0.116. The third-order valence-corrected chi connectivity index (χ3v) is 3.88. The summed E-state index contributed by atoms with van der Waals surface area (Å²) in [6.45, 7) is 6.54. The van der Waals surface area contributed by atoms with Crippen LogP contribution in [0.5, 0.6) is 0 Å². The normalized spacial score (nSPS) is 10.7. The molecule has 2 rings (SSSR count). The van der Waals surface area contributed by atoms with Gasteiger partial charge < -0.3 is 5.32 Å². The molecule has 2 aromatic rings. The van der Waals surface area contributed by atoms with Gasteiger partial charge >= 0.3 is 0 Å². The van der Waals surface area contributed by atoms with Crippen LogP contribution in [-0.2, 0) is 11.3 Å². The van der Waals surface area contributed by atoms with Gasteiger partial charge in [-0.1, -0.05) is 23.2 Å². The van der Waals surface area contributed by atoms with E-state index in [4.69, 9.17) is 23.2 Å². The first-order valence-corrected chi connectivity index (χ1v) is 7.39. The molecule has 1 aromatic heterocycles. The number of hydrogen-bond donors (Lipinski definition) is 1. The molecule has 112 valence electrons. The molecule has 0 unspecified atom stereocenters. The Morgan fingerprint density at radius 3 is 2.33 bits per heavy atom. The molecule has 0 aliphatic rings. The summed E-state index contributed by atoms with van der Waals surface area (Å²) in [5, 5.41) is 8.18. The predicted octanol–water partition coefficient (Wildman–Crippen LogP) is 4.14. The van der Waals surface area contributed by atoms with Gasteiger partial charge in [0.15, 0.2) is 0 Å². The first-order chi connectivity index (χ1) is 9.86. The van der Waals surface area contributed by atoms with E-state index in [1.807, 2.05) is 25.5 Å². The summed E-state index contributed by atoms with van der Waals surface area (Å²) in [5.41, 5.74) is 3.85. The molecule has 0 radical (unpaired) electrons. The molecule has 1 N–H and O–H groups in total. The van der Waals surface area contributed by atoms with E-state index in [0.717, 1.165) is 17.0 Å². The number of carbonyl (C=O) groups is 1. The Balaban J connectivity index is 1.97. The van der Waals surface area contributed by atoms with Crippen molar-refractivity contribution in [1.29, 1.82) is 0 Å². The molecule has 0 saturated heterocycles. The van der Waals surface area contributed by atoms with Gasteiger partial charge in [-0.05, 0) is 44.5 Å². The molecule has 0 saturated carbocycles. The van der Waals surface area contributed by atoms with Gasteiger partial charge in [-0.3, -0.25) is 9.48 Å². The van der Waals surface area contributed by atoms with Crippen LogP contribution < -0.4 is 5.32 Å². The molecule has 0 atom stereocenters. The number of carbonyl (C=O) groups excluding carboxylic acids is 1. The number of nitrogens with one attached hydrogen (secondary N) is 1. The van der Waals surface area contributed by atoms with Gasteiger partial charge in [-0.25, -0.2) is 0 Å². The number of rotatable bonds is 4. The van der Waals surface area contributed by atoms with Crippen LogP contribution in [0.25, 0.3) is 0 Å². The van der Waals surface area contributed by atoms with E-state index in [0.29, 0.717) is 28.7 Å². The summed E-state index contributed by atoms with van der Waals surface area (Å²) in [4.78, 5) is 12.0. The van der Waals surface area contributed by atoms with Gasteiger partial charge in [-0.15, -0.1) is 0 Å². The van der Waals surface area contributed by atoms with Crippen LogP contribution in [-0.4, -0.2) is 15.7 Å². The highest BCUT2D eigenvalue weighted by atomic mass is 35.5. The van der Waals surface area contributed by atoms with Crippen molar-refractivity contribution in [2.75, 3.05) is 5.32 Å². The zero-order valence-corrected chi connectivity index (χ0v) is 13.7. The second-order valence-electron chi connectivity index (χ2n) is 4.98. The van der Waals surface area contributed by atoms with Crippen LogP contribution in [0.4, 0.5) is 5.69 Å². The molecule has 4 nitrogen and oxygen atoms in total. The molecule has 6 heteroatoms. The summed E-state index contributed by atoms with van der Waals surface area (Å²) in [6, 6.07) is 4.95. The lowest BCUT2D eigenvalue weighted by atomic mass is 10.2. The highest BCUT2D eigenvalue weighted by Gasteiger charge is 2.09. The van der Waals surface area contributed by atoms with E-state index in [1.165, 1.54) is 0 Å². The third kappa shape index (κ3) is 3.99. The number of halogens is 2. The fraction of sp³-hybridized carbons (Fsp3) is 0.333. The second kappa shape index (κ2) is 6.50. The van der Waals surface area contributed by atoms with Crippen LogP contribution in [0, 0.1) is 20.8 Å². The van der Waals surface area contributed by atoms with E-state index in [9.17, 15) is 4.79 Å². The summed E-state index contributed by atoms with van der Waals surface area (Å²) in [5.74, 6) is -0.0986. The number of nitrogens with zero attached hydrogens (tertiary/aromatic N) is 2. The molecular weight excluding hydrogens is 309 g/mol. The minimum Gasteiger partial charge on any atom is -0.326 e. The zero-order valence-electron chi connectivity index (χ0n) is 12.2. The zero-order chi connectivity index (χ0) is 15.6. The molecule has 0 aliphatic heterocycles. The minimum absolute atomic E-state index is 0.0986. The van der Waals surface area contributed by atoms with Crippen molar-refractivity contribution in [3.05, 3.63) is 45.2 Å². The summed E-state index contributed by atoms with van der Waals surface area (Å²) in [7, 11) is 0. The third-order valence-electron chi connectivity index (χ3n) is 3.44. The predicted molar refractivity (Wildman–Crippen MR) is 86.1 cm³/mol. The molecule has 1 amide bonds. The Hall–Kier alpha value is -1.52. The van der Waals surface area contributed by atoms with Gasteiger partial charge in [0.1, 0.15) is 0 Å². The summed E-state index contributed by atoms with van der Waals surface area (Å²) < 4.78 is 1.86. The minimum atomic E-state index is -0.0986. The van der Waals surface area contributed by atoms with Crippen molar-refractivity contribution in [2.24, 2.45) is 0 Å². The van der Waals surface area contributed by atoms with Crippen molar-refractivity contribution in [3.63, 3.8) is 0 Å². The molecule has 0 bridgehead atoms. The number of benzene rings is 1. The van der Waals surface area contributed by atoms with Crippen molar-refractivity contribution < 1.29 is 4.79 Å². The average molecular weight is 326 g/mol. The van der Waals surface area contributed by atoms with E-state index >= 15 is 0 Å². The Morgan fingerprint density at radius 2 is 1.81 bits per heavy atom. The lowest BCUT2D eigenvalue weighted by Crippen LogP contribution is -2.15. The van der Waals surface area contributed by atoms with Crippen LogP contribution in [0.15, 0.2) is 18.2 Å². The maximum atomic E-state index is 12.0. The first-order valence-electron chi connectivity index (χ1n) is 6.63. The van der Waals surface area contributed by atoms with Gasteiger partial charge in [0.25, 0.3) is 0 Å². The molecule has 1 aromatic carbocycles. The monoisotopic (exact) mass is 325 g/mol. The first kappa shape index (κ1) is 15.9. The van der Waals surface area contributed by atoms with Crippen LogP contribution >= 0.6 is 23.2 Å². The Labute approximate surface area is 134 Å². The second-order valence-corrected chi connectivity index (χ2v) is 5.85. The number of aromatic nitrogens is 2. The van der Waals surface area contributed by atoms with Crippen molar-refractivity contribution in [2.45, 2.75) is 33.7 Å². The van der Waals surface area contributed by atoms with Crippen LogP contribution in [0.1, 0.15) is 23.4 Å². The molecule has 21 heavy (non-hydrogen) atoms. The maximum Gasteiger partial charge on any atom is 0.226 e. The van der Waals surface area contributed by atoms with E-state index in [1.54, 1.807) is 18.2 Å². The molecule has 1 heterocycles. The Bertz CT molecular complexity index is 660. The molecule has 0 aliphatic carbocycles. The fourth-order valence-corrected chi connectivity index (χ4v) is 2.59. The maximum absolute atomic E-state index is 12.0. The number of anilines is 1. The highest BCUT2D eigenvalue weighted by molar-refractivity contribution is 6.35. The largest absolute Gasteiger partial charge is 0.326 e. The Morgan fingerprint density at radius 1 is 1.19 bits per heavy atom. The smallest absolute Gasteiger partial charge is 0.226 e. The van der Waals surface area contributed by atoms with Crippen molar-refractivity contribution in [3.8, 4) is 0 Å². The van der Waals surface area contributed by atoms with Crippen molar-refractivity contribution in [1.82, 2.24) is 9.78 Å². The van der Waals surface area contributed by atoms with Gasteiger partial charge in [-0.2, -0.15) is 5.10 Å². The quantitative estimate of drug-likeness (QED) is 0.918. The van der Waals surface area contributed by atoms with Gasteiger partial charge in [0.05, 0.1) is 5.69 Å². The van der Waals surface area contributed by atoms with E-state index in [-0.39, 0.29) is 5.91 Å². The van der Waals surface area contributed by atoms with Crippen LogP contribution in [0.3, 0.4) is 0 Å². The Kier molecular flexibility index (Phi) is 4.91. The van der Waals surface area contributed by atoms with Gasteiger partial charge in [0.2, 0.25) is 5.91 Å². The number of amides is 1. The van der Waals surface area contributed by atoms with E-state index < -0.39 is 0 Å². The average Bonchev–Trinajstić information content (AvgIpc) is 2.62. The molecule has 0 spiro atoms. The summed E-state index contributed by atoms with van der Waals surface area (Å²) >= 11 is 11.8. The fourth-order valence-electron chi connectivity index (χ4n) is 2.06. The number of hydrogen-bond acceptors (Lipinski definition) is 2. The van der Waals surface area contributed by atoms with E-state index in [2.05, 4.69) is 10.4 Å². The molecule has 0 fully saturated rings. The topological polar surface area (TPSA) is 46.9 Å². The lowest BCUT2D eigenvalue weighted by Gasteiger charge is -2.07. The standard InChI is InChI=1S/C15H17Cl2N3O/c1-9-10(2)19-20(11(9)3)5-4-15(21)18-14-7-12(16)6-13(17)8-14/h6-8H,4-5H2,1-3H3,(H,18,21). The van der Waals surface area contributed by atoms with Crippen LogP contribution in [0.2, 0.25) is 10.0 Å². The number of aryl methyl sites for hydroxylation is 2. The highest BCUT2D eigenvalue weighted by Crippen LogP contribution is 2.22.